The van der Waals surface area contributed by atoms with Gasteiger partial charge < -0.3 is 14.3 Å². The first-order valence-electron chi connectivity index (χ1n) is 4.04. The van der Waals surface area contributed by atoms with E-state index in [-0.39, 0.29) is 0 Å². The molecule has 1 atom stereocenters. The Balaban J connectivity index is 2.76. The van der Waals surface area contributed by atoms with Crippen LogP contribution in [0, 0.1) is 0 Å². The highest BCUT2D eigenvalue weighted by molar-refractivity contribution is 5.66. The van der Waals surface area contributed by atoms with Gasteiger partial charge in [-0.25, -0.2) is 0 Å². The molecule has 0 amide bonds. The maximum absolute atomic E-state index is 10.5. The van der Waals surface area contributed by atoms with Gasteiger partial charge in [-0.3, -0.25) is 4.79 Å². The smallest absolute Gasteiger partial charge is 0.205 e. The summed E-state index contributed by atoms with van der Waals surface area (Å²) < 4.78 is 10.5. The van der Waals surface area contributed by atoms with Crippen LogP contribution in [0.3, 0.4) is 0 Å². The molecule has 0 aliphatic carbocycles. The van der Waals surface area contributed by atoms with Crippen molar-refractivity contribution in [2.24, 2.45) is 0 Å². The predicted octanol–water partition coefficient (Wildman–Crippen LogP) is 0.810. The standard InChI is InChI=1S/C9H12O4/c1-9(2)12-7(3-4-10)5-8(6-11)13-9/h3-4,6,8H,5H2,1-2H3/b7-3+. The molecule has 0 aromatic heterocycles. The van der Waals surface area contributed by atoms with E-state index in [2.05, 4.69) is 0 Å². The summed E-state index contributed by atoms with van der Waals surface area (Å²) in [7, 11) is 0. The summed E-state index contributed by atoms with van der Waals surface area (Å²) >= 11 is 0. The number of allylic oxidation sites excluding steroid dienone is 1. The number of carbonyl (C=O) groups excluding carboxylic acids is 2. The fourth-order valence-corrected chi connectivity index (χ4v) is 1.24. The zero-order valence-corrected chi connectivity index (χ0v) is 7.65. The maximum Gasteiger partial charge on any atom is 0.205 e. The summed E-state index contributed by atoms with van der Waals surface area (Å²) in [6.07, 6.45) is 2.46. The van der Waals surface area contributed by atoms with Crippen molar-refractivity contribution in [3.05, 3.63) is 11.8 Å². The van der Waals surface area contributed by atoms with Crippen molar-refractivity contribution in [2.45, 2.75) is 32.2 Å². The summed E-state index contributed by atoms with van der Waals surface area (Å²) in [5, 5.41) is 0. The maximum atomic E-state index is 10.5. The van der Waals surface area contributed by atoms with Crippen LogP contribution in [-0.2, 0) is 19.1 Å². The molecule has 0 bridgehead atoms. The predicted molar refractivity (Wildman–Crippen MR) is 44.9 cm³/mol. The molecule has 0 N–H and O–H groups in total. The van der Waals surface area contributed by atoms with Gasteiger partial charge in [-0.15, -0.1) is 0 Å². The Kier molecular flexibility index (Phi) is 2.83. The normalized spacial score (nSPS) is 29.4. The van der Waals surface area contributed by atoms with E-state index in [1.807, 2.05) is 0 Å². The topological polar surface area (TPSA) is 52.6 Å². The summed E-state index contributed by atoms with van der Waals surface area (Å²) in [6, 6.07) is 0. The monoisotopic (exact) mass is 184 g/mol. The quantitative estimate of drug-likeness (QED) is 0.470. The van der Waals surface area contributed by atoms with E-state index in [4.69, 9.17) is 9.47 Å². The van der Waals surface area contributed by atoms with Gasteiger partial charge in [0.2, 0.25) is 5.79 Å². The van der Waals surface area contributed by atoms with Gasteiger partial charge in [-0.05, 0) is 0 Å². The van der Waals surface area contributed by atoms with Crippen LogP contribution in [0.15, 0.2) is 11.8 Å². The van der Waals surface area contributed by atoms with Crippen molar-refractivity contribution in [1.82, 2.24) is 0 Å². The number of hydrogen-bond donors (Lipinski definition) is 0. The van der Waals surface area contributed by atoms with Gasteiger partial charge in [0.1, 0.15) is 24.4 Å². The number of aldehydes is 2. The molecule has 13 heavy (non-hydrogen) atoms. The van der Waals surface area contributed by atoms with Gasteiger partial charge >= 0.3 is 0 Å². The van der Waals surface area contributed by atoms with E-state index >= 15 is 0 Å². The van der Waals surface area contributed by atoms with E-state index in [0.717, 1.165) is 0 Å². The van der Waals surface area contributed by atoms with Crippen molar-refractivity contribution in [2.75, 3.05) is 0 Å². The van der Waals surface area contributed by atoms with Gasteiger partial charge in [0.25, 0.3) is 0 Å². The molecule has 0 aromatic carbocycles. The van der Waals surface area contributed by atoms with Gasteiger partial charge in [0.15, 0.2) is 0 Å². The van der Waals surface area contributed by atoms with Crippen LogP contribution >= 0.6 is 0 Å². The molecule has 1 aliphatic rings. The first-order valence-corrected chi connectivity index (χ1v) is 4.04. The number of carbonyl (C=O) groups is 2. The third-order valence-electron chi connectivity index (χ3n) is 1.62. The van der Waals surface area contributed by atoms with Gasteiger partial charge in [-0.2, -0.15) is 0 Å². The lowest BCUT2D eigenvalue weighted by molar-refractivity contribution is -0.239. The Morgan fingerprint density at radius 3 is 2.69 bits per heavy atom. The third kappa shape index (κ3) is 2.66. The van der Waals surface area contributed by atoms with Gasteiger partial charge in [0.05, 0.1) is 0 Å². The Labute approximate surface area is 76.5 Å². The Hall–Kier alpha value is -1.16. The molecule has 1 fully saturated rings. The molecule has 0 saturated carbocycles. The Bertz CT molecular complexity index is 242. The molecule has 1 saturated heterocycles. The van der Waals surface area contributed by atoms with Crippen LogP contribution in [0.2, 0.25) is 0 Å². The fraction of sp³-hybridized carbons (Fsp3) is 0.556. The molecular weight excluding hydrogens is 172 g/mol. The highest BCUT2D eigenvalue weighted by Gasteiger charge is 2.32. The zero-order valence-electron chi connectivity index (χ0n) is 7.65. The first kappa shape index (κ1) is 9.92. The molecule has 4 heteroatoms. The zero-order chi connectivity index (χ0) is 9.90. The second kappa shape index (κ2) is 3.70. The highest BCUT2D eigenvalue weighted by Crippen LogP contribution is 2.27. The van der Waals surface area contributed by atoms with E-state index < -0.39 is 11.9 Å². The molecule has 0 radical (unpaired) electrons. The summed E-state index contributed by atoms with van der Waals surface area (Å²) in [5.41, 5.74) is 0. The number of rotatable bonds is 2. The van der Waals surface area contributed by atoms with Crippen LogP contribution in [0.4, 0.5) is 0 Å². The molecule has 72 valence electrons. The summed E-state index contributed by atoms with van der Waals surface area (Å²) in [6.45, 7) is 3.39. The average molecular weight is 184 g/mol. The van der Waals surface area contributed by atoms with Crippen LogP contribution < -0.4 is 0 Å². The minimum Gasteiger partial charge on any atom is -0.467 e. The van der Waals surface area contributed by atoms with Crippen molar-refractivity contribution in [3.63, 3.8) is 0 Å². The summed E-state index contributed by atoms with van der Waals surface area (Å²) in [4.78, 5) is 20.7. The lowest BCUT2D eigenvalue weighted by atomic mass is 10.2. The second-order valence-electron chi connectivity index (χ2n) is 3.27. The number of hydrogen-bond acceptors (Lipinski definition) is 4. The highest BCUT2D eigenvalue weighted by atomic mass is 16.7. The Morgan fingerprint density at radius 1 is 1.46 bits per heavy atom. The average Bonchev–Trinajstić information content (AvgIpc) is 2.02. The van der Waals surface area contributed by atoms with Crippen molar-refractivity contribution < 1.29 is 19.1 Å². The van der Waals surface area contributed by atoms with Crippen molar-refractivity contribution >= 4 is 12.6 Å². The fourth-order valence-electron chi connectivity index (χ4n) is 1.24. The molecule has 1 aliphatic heterocycles. The molecule has 4 nitrogen and oxygen atoms in total. The first-order chi connectivity index (χ1) is 6.07. The van der Waals surface area contributed by atoms with Gasteiger partial charge in [-0.1, -0.05) is 0 Å². The van der Waals surface area contributed by atoms with E-state index in [0.29, 0.717) is 24.8 Å². The SMILES string of the molecule is CC1(C)O/C(=C/C=O)CC(C=O)O1. The minimum absolute atomic E-state index is 0.325. The second-order valence-corrected chi connectivity index (χ2v) is 3.27. The van der Waals surface area contributed by atoms with Gasteiger partial charge in [0, 0.05) is 26.3 Å². The van der Waals surface area contributed by atoms with Crippen LogP contribution in [0.1, 0.15) is 20.3 Å². The molecular formula is C9H12O4. The third-order valence-corrected chi connectivity index (χ3v) is 1.62. The van der Waals surface area contributed by atoms with Crippen molar-refractivity contribution in [1.29, 1.82) is 0 Å². The van der Waals surface area contributed by atoms with Crippen molar-refractivity contribution in [3.8, 4) is 0 Å². The van der Waals surface area contributed by atoms with Crippen LogP contribution in [-0.4, -0.2) is 24.5 Å². The van der Waals surface area contributed by atoms with E-state index in [1.165, 1.54) is 6.08 Å². The van der Waals surface area contributed by atoms with E-state index in [9.17, 15) is 9.59 Å². The molecule has 1 rings (SSSR count). The minimum atomic E-state index is -0.835. The molecule has 1 unspecified atom stereocenters. The lowest BCUT2D eigenvalue weighted by Crippen LogP contribution is -2.39. The van der Waals surface area contributed by atoms with Crippen LogP contribution in [0.5, 0.6) is 0 Å². The number of ether oxygens (including phenoxy) is 2. The largest absolute Gasteiger partial charge is 0.467 e. The Morgan fingerprint density at radius 2 is 2.15 bits per heavy atom. The van der Waals surface area contributed by atoms with E-state index in [1.54, 1.807) is 13.8 Å². The lowest BCUT2D eigenvalue weighted by Gasteiger charge is -2.35. The molecule has 1 heterocycles. The summed E-state index contributed by atoms with van der Waals surface area (Å²) in [5.74, 6) is -0.345. The molecule has 0 spiro atoms. The van der Waals surface area contributed by atoms with Crippen LogP contribution in [0.25, 0.3) is 0 Å². The molecule has 0 aromatic rings.